The summed E-state index contributed by atoms with van der Waals surface area (Å²) in [6.45, 7) is 0. The van der Waals surface area contributed by atoms with Gasteiger partial charge < -0.3 is 9.13 Å². The summed E-state index contributed by atoms with van der Waals surface area (Å²) < 4.78 is 4.25. The Balaban J connectivity index is 1.09. The second-order valence-electron chi connectivity index (χ2n) is 13.2. The number of pyridine rings is 2. The highest BCUT2D eigenvalue weighted by molar-refractivity contribution is 5.96. The van der Waals surface area contributed by atoms with Crippen LogP contribution >= 0.6 is 0 Å². The van der Waals surface area contributed by atoms with Crippen LogP contribution in [0.2, 0.25) is 0 Å². The molecule has 0 aliphatic carbocycles. The molecule has 0 atom stereocenters. The van der Waals surface area contributed by atoms with Crippen LogP contribution in [0.3, 0.4) is 0 Å². The van der Waals surface area contributed by atoms with E-state index in [4.69, 9.17) is 15.0 Å². The van der Waals surface area contributed by atoms with Crippen LogP contribution in [0.1, 0.15) is 0 Å². The molecular formula is C47H29N5O2. The van der Waals surface area contributed by atoms with Gasteiger partial charge in [0.05, 0.1) is 22.1 Å². The second kappa shape index (κ2) is 12.6. The molecule has 0 spiro atoms. The third-order valence-electron chi connectivity index (χ3n) is 9.99. The summed E-state index contributed by atoms with van der Waals surface area (Å²) in [7, 11) is 0. The highest BCUT2D eigenvalue weighted by Gasteiger charge is 2.16. The van der Waals surface area contributed by atoms with Gasteiger partial charge in [-0.3, -0.25) is 9.59 Å². The third-order valence-corrected chi connectivity index (χ3v) is 9.99. The Bertz CT molecular complexity index is 2870. The van der Waals surface area contributed by atoms with Gasteiger partial charge in [-0.1, -0.05) is 78.9 Å². The van der Waals surface area contributed by atoms with Crippen LogP contribution in [0, 0.1) is 0 Å². The average molecular weight is 696 g/mol. The van der Waals surface area contributed by atoms with Crippen LogP contribution in [0.25, 0.3) is 89.2 Å². The first kappa shape index (κ1) is 31.2. The number of para-hydroxylation sites is 4. The number of aromatic nitrogens is 5. The highest BCUT2D eigenvalue weighted by Crippen LogP contribution is 2.30. The summed E-state index contributed by atoms with van der Waals surface area (Å²) in [5.41, 5.74) is 7.79. The van der Waals surface area contributed by atoms with Gasteiger partial charge in [0.2, 0.25) is 0 Å². The minimum Gasteiger partial charge on any atom is -0.309 e. The first-order chi connectivity index (χ1) is 26.6. The van der Waals surface area contributed by atoms with Gasteiger partial charge in [0, 0.05) is 49.6 Å². The number of hydrogen-bond donors (Lipinski definition) is 0. The largest absolute Gasteiger partial charge is 0.309 e. The molecule has 0 saturated carbocycles. The normalized spacial score (nSPS) is 11.5. The average Bonchev–Trinajstić information content (AvgIpc) is 3.24. The van der Waals surface area contributed by atoms with Crippen molar-refractivity contribution in [2.45, 2.75) is 0 Å². The van der Waals surface area contributed by atoms with Gasteiger partial charge in [0.1, 0.15) is 0 Å². The Morgan fingerprint density at radius 1 is 0.296 bits per heavy atom. The molecule has 7 aromatic carbocycles. The van der Waals surface area contributed by atoms with Crippen LogP contribution in [-0.2, 0) is 0 Å². The lowest BCUT2D eigenvalue weighted by molar-refractivity contribution is 1.07. The summed E-state index contributed by atoms with van der Waals surface area (Å²) in [4.78, 5) is 41.6. The molecule has 0 bridgehead atoms. The van der Waals surface area contributed by atoms with Crippen molar-refractivity contribution in [1.29, 1.82) is 0 Å². The lowest BCUT2D eigenvalue weighted by Gasteiger charge is -2.16. The molecule has 10 aromatic rings. The topological polar surface area (TPSA) is 82.7 Å². The van der Waals surface area contributed by atoms with Crippen molar-refractivity contribution in [3.63, 3.8) is 0 Å². The molecule has 254 valence electrons. The van der Waals surface area contributed by atoms with Gasteiger partial charge in [-0.25, -0.2) is 15.0 Å². The molecule has 0 radical (unpaired) electrons. The molecule has 0 saturated heterocycles. The van der Waals surface area contributed by atoms with Crippen LogP contribution in [-0.4, -0.2) is 24.1 Å². The SMILES string of the molecule is O=c1c2ccccc2n(-c2ccc(-c3nc(-c4ccccc4)nc(-c4ccc(-n5c6ccccc6c(=O)c6ccccc65)cc4)n3)cc2)c2ccccc12. The molecule has 0 amide bonds. The van der Waals surface area contributed by atoms with Crippen LogP contribution in [0.4, 0.5) is 0 Å². The van der Waals surface area contributed by atoms with Crippen LogP contribution in [0.5, 0.6) is 0 Å². The minimum atomic E-state index is 0.0221. The smallest absolute Gasteiger partial charge is 0.197 e. The fourth-order valence-corrected chi connectivity index (χ4v) is 7.42. The van der Waals surface area contributed by atoms with Crippen molar-refractivity contribution in [1.82, 2.24) is 24.1 Å². The quantitative estimate of drug-likeness (QED) is 0.168. The predicted molar refractivity (Wildman–Crippen MR) is 217 cm³/mol. The van der Waals surface area contributed by atoms with E-state index in [-0.39, 0.29) is 10.9 Å². The first-order valence-electron chi connectivity index (χ1n) is 17.7. The van der Waals surface area contributed by atoms with E-state index in [0.717, 1.165) is 50.1 Å². The number of rotatable bonds is 5. The molecule has 7 heteroatoms. The van der Waals surface area contributed by atoms with E-state index in [2.05, 4.69) is 9.13 Å². The first-order valence-corrected chi connectivity index (χ1v) is 17.7. The van der Waals surface area contributed by atoms with E-state index in [9.17, 15) is 9.59 Å². The van der Waals surface area contributed by atoms with Gasteiger partial charge in [-0.2, -0.15) is 0 Å². The molecule has 0 aliphatic heterocycles. The van der Waals surface area contributed by atoms with Crippen molar-refractivity contribution in [3.05, 3.63) is 196 Å². The van der Waals surface area contributed by atoms with E-state index in [1.807, 2.05) is 176 Å². The van der Waals surface area contributed by atoms with Gasteiger partial charge >= 0.3 is 0 Å². The molecule has 0 unspecified atom stereocenters. The summed E-state index contributed by atoms with van der Waals surface area (Å²) in [6, 6.07) is 57.0. The molecule has 0 aliphatic rings. The number of benzene rings is 7. The molecule has 54 heavy (non-hydrogen) atoms. The van der Waals surface area contributed by atoms with Crippen molar-refractivity contribution in [2.24, 2.45) is 0 Å². The molecule has 3 heterocycles. The van der Waals surface area contributed by atoms with E-state index < -0.39 is 0 Å². The Hall–Kier alpha value is -7.51. The van der Waals surface area contributed by atoms with Crippen LogP contribution in [0.15, 0.2) is 186 Å². The summed E-state index contributed by atoms with van der Waals surface area (Å²) >= 11 is 0. The molecule has 0 N–H and O–H groups in total. The van der Waals surface area contributed by atoms with Crippen molar-refractivity contribution in [2.75, 3.05) is 0 Å². The van der Waals surface area contributed by atoms with Crippen molar-refractivity contribution < 1.29 is 0 Å². The molecule has 0 fully saturated rings. The monoisotopic (exact) mass is 695 g/mol. The van der Waals surface area contributed by atoms with Gasteiger partial charge in [-0.15, -0.1) is 0 Å². The Labute approximate surface area is 308 Å². The van der Waals surface area contributed by atoms with E-state index in [1.54, 1.807) is 0 Å². The Morgan fingerprint density at radius 3 is 0.907 bits per heavy atom. The predicted octanol–water partition coefficient (Wildman–Crippen LogP) is 9.79. The minimum absolute atomic E-state index is 0.0221. The summed E-state index contributed by atoms with van der Waals surface area (Å²) in [5, 5.41) is 2.68. The van der Waals surface area contributed by atoms with Gasteiger partial charge in [0.25, 0.3) is 0 Å². The summed E-state index contributed by atoms with van der Waals surface area (Å²) in [5.74, 6) is 1.65. The zero-order valence-corrected chi connectivity index (χ0v) is 28.8. The lowest BCUT2D eigenvalue weighted by Crippen LogP contribution is -2.10. The van der Waals surface area contributed by atoms with E-state index in [1.165, 1.54) is 0 Å². The Morgan fingerprint density at radius 2 is 0.574 bits per heavy atom. The number of nitrogens with zero attached hydrogens (tertiary/aromatic N) is 5. The maximum atomic E-state index is 13.4. The van der Waals surface area contributed by atoms with Gasteiger partial charge in [-0.05, 0) is 97.1 Å². The van der Waals surface area contributed by atoms with E-state index in [0.29, 0.717) is 39.0 Å². The van der Waals surface area contributed by atoms with Gasteiger partial charge in [0.15, 0.2) is 28.3 Å². The third kappa shape index (κ3) is 5.10. The Kier molecular flexibility index (Phi) is 7.30. The summed E-state index contributed by atoms with van der Waals surface area (Å²) in [6.07, 6.45) is 0. The molecule has 10 rings (SSSR count). The number of fused-ring (bicyclic) bond motifs is 4. The highest BCUT2D eigenvalue weighted by atomic mass is 16.1. The van der Waals surface area contributed by atoms with Crippen molar-refractivity contribution >= 4 is 43.6 Å². The zero-order valence-electron chi connectivity index (χ0n) is 28.8. The van der Waals surface area contributed by atoms with Crippen LogP contribution < -0.4 is 10.9 Å². The fraction of sp³-hybridized carbons (Fsp3) is 0. The molecular weight excluding hydrogens is 667 g/mol. The number of hydrogen-bond acceptors (Lipinski definition) is 5. The zero-order chi connectivity index (χ0) is 36.2. The molecule has 3 aromatic heterocycles. The standard InChI is InChI=1S/C47H29N5O2/c53-43-35-14-4-8-18-39(35)51(40-19-9-5-15-36(40)43)33-26-22-31(23-27-33)46-48-45(30-12-2-1-3-13-30)49-47(50-46)32-24-28-34(29-25-32)52-41-20-10-6-16-37(41)44(54)38-17-7-11-21-42(38)52/h1-29H. The second-order valence-corrected chi connectivity index (χ2v) is 13.2. The maximum absolute atomic E-state index is 13.4. The van der Waals surface area contributed by atoms with E-state index >= 15 is 0 Å². The maximum Gasteiger partial charge on any atom is 0.197 e. The molecule has 7 nitrogen and oxygen atoms in total. The lowest BCUT2D eigenvalue weighted by atomic mass is 10.1. The van der Waals surface area contributed by atoms with Crippen molar-refractivity contribution in [3.8, 4) is 45.5 Å². The fourth-order valence-electron chi connectivity index (χ4n) is 7.42.